The molecule has 0 aromatic carbocycles. The molecule has 0 nitrogen and oxygen atoms in total. The number of rotatable bonds is 0. The molecule has 1 atom stereocenters. The summed E-state index contributed by atoms with van der Waals surface area (Å²) in [4.78, 5) is 0. The van der Waals surface area contributed by atoms with Crippen molar-refractivity contribution in [1.82, 2.24) is 0 Å². The summed E-state index contributed by atoms with van der Waals surface area (Å²) in [5, 5.41) is 0. The van der Waals surface area contributed by atoms with E-state index in [1.807, 2.05) is 0 Å². The van der Waals surface area contributed by atoms with E-state index in [-0.39, 0.29) is 87.0 Å². The van der Waals surface area contributed by atoms with Crippen molar-refractivity contribution < 1.29 is 52.7 Å². The number of hydrogen-bond donors (Lipinski definition) is 0. The van der Waals surface area contributed by atoms with Gasteiger partial charge in [-0.2, -0.15) is 9.90 Å². The molecule has 0 amide bonds. The monoisotopic (exact) mass is 352 g/mol. The van der Waals surface area contributed by atoms with E-state index >= 15 is 0 Å². The van der Waals surface area contributed by atoms with E-state index in [0.29, 0.717) is 0 Å². The van der Waals surface area contributed by atoms with Gasteiger partial charge in [0.15, 0.2) is 0 Å². The minimum absolute atomic E-state index is 0. The summed E-state index contributed by atoms with van der Waals surface area (Å²) < 4.78 is 0. The Morgan fingerprint density at radius 3 is 1.00 bits per heavy atom. The molecule has 0 aromatic heterocycles. The standard InChI is InChI=1S/Fe.La.H3P.Sb.2H/h;;1H3;;;. The fraction of sp³-hybridized carbons (Fsp3) is 0. The van der Waals surface area contributed by atoms with E-state index in [9.17, 15) is 0 Å². The average Bonchev–Trinajstić information content (AvgIpc) is 0. The molecule has 0 saturated heterocycles. The van der Waals surface area contributed by atoms with Crippen molar-refractivity contribution in [2.45, 2.75) is 0 Å². The summed E-state index contributed by atoms with van der Waals surface area (Å²) in [5.41, 5.74) is 0. The van der Waals surface area contributed by atoms with Gasteiger partial charge in [0, 0.05) is 52.7 Å². The van der Waals surface area contributed by atoms with Crippen molar-refractivity contribution in [2.24, 2.45) is 0 Å². The van der Waals surface area contributed by atoms with Crippen LogP contribution in [0.1, 0.15) is 0 Å². The maximum atomic E-state index is 0. The quantitative estimate of drug-likeness (QED) is 0.393. The van der Waals surface area contributed by atoms with Gasteiger partial charge in [-0.3, -0.25) is 0 Å². The third kappa shape index (κ3) is 8.88. The Hall–Kier alpha value is 2.96. The summed E-state index contributed by atoms with van der Waals surface area (Å²) in [6.07, 6.45) is 0. The van der Waals surface area contributed by atoms with E-state index in [1.54, 1.807) is 0 Å². The second-order valence-corrected chi connectivity index (χ2v) is 0. The van der Waals surface area contributed by atoms with Gasteiger partial charge in [-0.1, -0.05) is 0 Å². The molecule has 4 heteroatoms. The Morgan fingerprint density at radius 2 is 1.00 bits per heavy atom. The molecule has 0 fully saturated rings. The Kier molecular flexibility index (Phi) is 118. The minimum atomic E-state index is 0. The maximum absolute atomic E-state index is 0. The normalized spacial score (nSPS) is 0. The Labute approximate surface area is 85.4 Å². The Morgan fingerprint density at radius 1 is 1.00 bits per heavy atom. The fourth-order valence-corrected chi connectivity index (χ4v) is 0. The molecule has 0 aliphatic heterocycles. The van der Waals surface area contributed by atoms with Crippen LogP contribution < -0.4 is 0 Å². The molecule has 0 aliphatic rings. The molecule has 2 radical (unpaired) electrons. The zero-order valence-corrected chi connectivity index (χ0v) is 11.7. The first-order valence-corrected chi connectivity index (χ1v) is 0. The average molecular weight is 353 g/mol. The van der Waals surface area contributed by atoms with Crippen LogP contribution in [-0.2, 0) is 17.1 Å². The van der Waals surface area contributed by atoms with E-state index < -0.39 is 0 Å². The Bertz CT molecular complexity index is 8.00. The van der Waals surface area contributed by atoms with Crippen LogP contribution in [0.25, 0.3) is 0 Å². The first-order valence-electron chi connectivity index (χ1n) is 0. The molecule has 0 heterocycles. The van der Waals surface area contributed by atoms with Crippen LogP contribution in [-0.4, -0.2) is 24.4 Å². The van der Waals surface area contributed by atoms with Gasteiger partial charge in [0.05, 0.1) is 0 Å². The van der Waals surface area contributed by atoms with Crippen molar-refractivity contribution in [3.63, 3.8) is 0 Å². The molecule has 0 bridgehead atoms. The molecule has 0 aliphatic carbocycles. The van der Waals surface area contributed by atoms with Gasteiger partial charge in [-0.05, 0) is 0 Å². The van der Waals surface area contributed by atoms with Crippen LogP contribution in [0.2, 0.25) is 0 Å². The van der Waals surface area contributed by atoms with E-state index in [1.165, 1.54) is 0 Å². The molecule has 0 rings (SSSR count). The second-order valence-electron chi connectivity index (χ2n) is 0. The van der Waals surface area contributed by atoms with Crippen molar-refractivity contribution in [1.29, 1.82) is 0 Å². The van der Waals surface area contributed by atoms with E-state index in [4.69, 9.17) is 0 Å². The zero-order valence-electron chi connectivity index (χ0n) is 2.22. The molecular formula is H5FeLaPSb. The topological polar surface area (TPSA) is 0 Å². The molecule has 0 saturated carbocycles. The van der Waals surface area contributed by atoms with Crippen LogP contribution >= 0.6 is 9.90 Å². The third-order valence-corrected chi connectivity index (χ3v) is 0. The van der Waals surface area contributed by atoms with Crippen LogP contribution in [0.15, 0.2) is 0 Å². The number of hydrogen-bond acceptors (Lipinski definition) is 0. The SMILES string of the molecule is P.[Fe].[La].[SbH2]. The molecule has 4 heavy (non-hydrogen) atoms. The van der Waals surface area contributed by atoms with Gasteiger partial charge >= 0.3 is 24.4 Å². The summed E-state index contributed by atoms with van der Waals surface area (Å²) in [6.45, 7) is 0. The van der Waals surface area contributed by atoms with E-state index in [2.05, 4.69) is 0 Å². The van der Waals surface area contributed by atoms with E-state index in [0.717, 1.165) is 0 Å². The Balaban J connectivity index is 0. The van der Waals surface area contributed by atoms with Crippen LogP contribution in [0.4, 0.5) is 0 Å². The van der Waals surface area contributed by atoms with Gasteiger partial charge in [-0.25, -0.2) is 0 Å². The zero-order chi connectivity index (χ0) is 0. The molecule has 26 valence electrons. The molecule has 1 unspecified atom stereocenters. The predicted molar refractivity (Wildman–Crippen MR) is 19.6 cm³/mol. The van der Waals surface area contributed by atoms with Gasteiger partial charge in [0.1, 0.15) is 0 Å². The molecule has 0 aromatic rings. The van der Waals surface area contributed by atoms with Crippen LogP contribution in [0, 0.1) is 35.6 Å². The summed E-state index contributed by atoms with van der Waals surface area (Å²) in [7, 11) is 0. The van der Waals surface area contributed by atoms with Gasteiger partial charge in [0.2, 0.25) is 0 Å². The fourth-order valence-electron chi connectivity index (χ4n) is 0. The van der Waals surface area contributed by atoms with Crippen molar-refractivity contribution in [3.8, 4) is 0 Å². The first kappa shape index (κ1) is 28.2. The molecular weight excluding hydrogens is 347 g/mol. The molecule has 0 N–H and O–H groups in total. The molecule has 0 spiro atoms. The summed E-state index contributed by atoms with van der Waals surface area (Å²) in [6, 6.07) is 0. The van der Waals surface area contributed by atoms with Gasteiger partial charge < -0.3 is 0 Å². The van der Waals surface area contributed by atoms with Crippen molar-refractivity contribution in [2.75, 3.05) is 0 Å². The van der Waals surface area contributed by atoms with Gasteiger partial charge in [-0.15, -0.1) is 0 Å². The van der Waals surface area contributed by atoms with Crippen LogP contribution in [0.5, 0.6) is 0 Å². The summed E-state index contributed by atoms with van der Waals surface area (Å²) in [5.74, 6) is 0. The predicted octanol–water partition coefficient (Wildman–Crippen LogP) is -0.861. The van der Waals surface area contributed by atoms with Crippen molar-refractivity contribution >= 4 is 34.3 Å². The van der Waals surface area contributed by atoms with Crippen LogP contribution in [0.3, 0.4) is 0 Å². The summed E-state index contributed by atoms with van der Waals surface area (Å²) >= 11 is 0. The second kappa shape index (κ2) is 16.7. The third-order valence-electron chi connectivity index (χ3n) is 0. The van der Waals surface area contributed by atoms with Crippen molar-refractivity contribution in [3.05, 3.63) is 0 Å². The first-order chi connectivity index (χ1) is 0. The van der Waals surface area contributed by atoms with Gasteiger partial charge in [0.25, 0.3) is 0 Å².